The van der Waals surface area contributed by atoms with Crippen LogP contribution < -0.4 is 15.0 Å². The van der Waals surface area contributed by atoms with E-state index >= 15 is 0 Å². The Kier molecular flexibility index (Phi) is 6.72. The van der Waals surface area contributed by atoms with E-state index in [-0.39, 0.29) is 18.9 Å². The maximum atomic E-state index is 12.3. The summed E-state index contributed by atoms with van der Waals surface area (Å²) in [5.41, 5.74) is 1.24. The Morgan fingerprint density at radius 3 is 2.48 bits per heavy atom. The molecule has 0 spiro atoms. The van der Waals surface area contributed by atoms with Crippen molar-refractivity contribution >= 4 is 40.8 Å². The molecule has 0 saturated carbocycles. The minimum absolute atomic E-state index is 0.0436. The van der Waals surface area contributed by atoms with E-state index in [1.54, 1.807) is 48.5 Å². The van der Waals surface area contributed by atoms with Crippen LogP contribution in [0.5, 0.6) is 5.75 Å². The van der Waals surface area contributed by atoms with Crippen molar-refractivity contribution in [3.8, 4) is 5.75 Å². The Bertz CT molecular complexity index is 883. The number of esters is 1. The molecule has 1 heterocycles. The van der Waals surface area contributed by atoms with Gasteiger partial charge in [-0.3, -0.25) is 14.4 Å². The largest absolute Gasteiger partial charge is 0.494 e. The number of nitrogens with one attached hydrogen (secondary N) is 1. The third-order valence-electron chi connectivity index (χ3n) is 4.39. The van der Waals surface area contributed by atoms with Crippen molar-refractivity contribution < 1.29 is 23.9 Å². The van der Waals surface area contributed by atoms with Crippen molar-refractivity contribution in [2.45, 2.75) is 13.3 Å². The van der Waals surface area contributed by atoms with E-state index in [9.17, 15) is 14.4 Å². The number of halogens is 1. The molecule has 1 saturated heterocycles. The van der Waals surface area contributed by atoms with Gasteiger partial charge in [0.15, 0.2) is 6.61 Å². The molecule has 1 aliphatic rings. The van der Waals surface area contributed by atoms with Crippen LogP contribution in [-0.2, 0) is 19.1 Å². The first kappa shape index (κ1) is 20.7. The van der Waals surface area contributed by atoms with Crippen LogP contribution in [-0.4, -0.2) is 37.5 Å². The minimum atomic E-state index is -0.614. The Labute approximate surface area is 173 Å². The quantitative estimate of drug-likeness (QED) is 0.700. The zero-order chi connectivity index (χ0) is 20.8. The molecule has 1 atom stereocenters. The molecule has 1 fully saturated rings. The summed E-state index contributed by atoms with van der Waals surface area (Å²) >= 11 is 5.86. The van der Waals surface area contributed by atoms with Gasteiger partial charge in [0.2, 0.25) is 5.91 Å². The number of amides is 2. The molecule has 2 aromatic rings. The van der Waals surface area contributed by atoms with Gasteiger partial charge < -0.3 is 19.7 Å². The molecule has 2 aromatic carbocycles. The molecule has 2 amide bonds. The smallest absolute Gasteiger partial charge is 0.311 e. The standard InChI is InChI=1S/C21H21ClN2O5/c1-2-28-18-9-5-16(6-10-18)23-19(25)13-29-21(27)14-11-20(26)24(12-14)17-7-3-15(22)4-8-17/h3-10,14H,2,11-13H2,1H3,(H,23,25)/t14-/m0/s1. The summed E-state index contributed by atoms with van der Waals surface area (Å²) in [7, 11) is 0. The zero-order valence-electron chi connectivity index (χ0n) is 15.9. The second kappa shape index (κ2) is 9.43. The van der Waals surface area contributed by atoms with E-state index in [4.69, 9.17) is 21.1 Å². The highest BCUT2D eigenvalue weighted by Crippen LogP contribution is 2.27. The topological polar surface area (TPSA) is 84.9 Å². The maximum absolute atomic E-state index is 12.3. The molecule has 1 aliphatic heterocycles. The summed E-state index contributed by atoms with van der Waals surface area (Å²) in [6, 6.07) is 13.7. The Morgan fingerprint density at radius 2 is 1.83 bits per heavy atom. The molecule has 7 nitrogen and oxygen atoms in total. The minimum Gasteiger partial charge on any atom is -0.494 e. The van der Waals surface area contributed by atoms with Gasteiger partial charge in [0.05, 0.1) is 12.5 Å². The van der Waals surface area contributed by atoms with Crippen molar-refractivity contribution in [3.63, 3.8) is 0 Å². The molecule has 3 rings (SSSR count). The van der Waals surface area contributed by atoms with Gasteiger partial charge in [-0.25, -0.2) is 0 Å². The second-order valence-corrected chi connectivity index (χ2v) is 6.93. The van der Waals surface area contributed by atoms with Gasteiger partial charge in [0.25, 0.3) is 5.91 Å². The van der Waals surface area contributed by atoms with Crippen LogP contribution >= 0.6 is 11.6 Å². The number of carbonyl (C=O) groups excluding carboxylic acids is 3. The highest BCUT2D eigenvalue weighted by Gasteiger charge is 2.36. The number of hydrogen-bond acceptors (Lipinski definition) is 5. The number of carbonyl (C=O) groups is 3. The summed E-state index contributed by atoms with van der Waals surface area (Å²) in [6.07, 6.45) is 0.0436. The zero-order valence-corrected chi connectivity index (χ0v) is 16.6. The van der Waals surface area contributed by atoms with Crippen LogP contribution in [0.2, 0.25) is 5.02 Å². The van der Waals surface area contributed by atoms with Crippen LogP contribution in [0.15, 0.2) is 48.5 Å². The molecule has 1 N–H and O–H groups in total. The first-order chi connectivity index (χ1) is 14.0. The number of ether oxygens (including phenoxy) is 2. The highest BCUT2D eigenvalue weighted by atomic mass is 35.5. The van der Waals surface area contributed by atoms with Crippen LogP contribution in [0.25, 0.3) is 0 Å². The summed E-state index contributed by atoms with van der Waals surface area (Å²) in [5, 5.41) is 3.21. The van der Waals surface area contributed by atoms with Gasteiger partial charge in [-0.05, 0) is 55.5 Å². The number of rotatable bonds is 7. The summed E-state index contributed by atoms with van der Waals surface area (Å²) < 4.78 is 10.4. The first-order valence-electron chi connectivity index (χ1n) is 9.21. The maximum Gasteiger partial charge on any atom is 0.311 e. The third-order valence-corrected chi connectivity index (χ3v) is 4.64. The van der Waals surface area contributed by atoms with E-state index in [0.29, 0.717) is 28.8 Å². The monoisotopic (exact) mass is 416 g/mol. The average molecular weight is 417 g/mol. The van der Waals surface area contributed by atoms with Gasteiger partial charge >= 0.3 is 5.97 Å². The normalized spacial score (nSPS) is 15.9. The van der Waals surface area contributed by atoms with Crippen LogP contribution in [0, 0.1) is 5.92 Å². The first-order valence-corrected chi connectivity index (χ1v) is 9.59. The molecule has 0 bridgehead atoms. The van der Waals surface area contributed by atoms with E-state index < -0.39 is 24.4 Å². The summed E-state index contributed by atoms with van der Waals surface area (Å²) in [6.45, 7) is 2.23. The SMILES string of the molecule is CCOc1ccc(NC(=O)COC(=O)[C@H]2CC(=O)N(c3ccc(Cl)cc3)C2)cc1. The Balaban J connectivity index is 1.48. The van der Waals surface area contributed by atoms with E-state index in [0.717, 1.165) is 0 Å². The van der Waals surface area contributed by atoms with Gasteiger partial charge in [0, 0.05) is 29.4 Å². The summed E-state index contributed by atoms with van der Waals surface area (Å²) in [4.78, 5) is 38.0. The third kappa shape index (κ3) is 5.48. The number of hydrogen-bond donors (Lipinski definition) is 1. The van der Waals surface area contributed by atoms with E-state index in [1.165, 1.54) is 4.90 Å². The second-order valence-electron chi connectivity index (χ2n) is 6.50. The van der Waals surface area contributed by atoms with Crippen LogP contribution in [0.3, 0.4) is 0 Å². The molecular formula is C21H21ClN2O5. The number of nitrogens with zero attached hydrogens (tertiary/aromatic N) is 1. The molecule has 152 valence electrons. The van der Waals surface area contributed by atoms with Crippen LogP contribution in [0.4, 0.5) is 11.4 Å². The van der Waals surface area contributed by atoms with E-state index in [1.807, 2.05) is 6.92 Å². The molecule has 29 heavy (non-hydrogen) atoms. The van der Waals surface area contributed by atoms with Gasteiger partial charge in [0.1, 0.15) is 5.75 Å². The number of benzene rings is 2. The van der Waals surface area contributed by atoms with Crippen molar-refractivity contribution in [2.75, 3.05) is 30.0 Å². The fourth-order valence-electron chi connectivity index (χ4n) is 2.99. The molecule has 0 aromatic heterocycles. The molecular weight excluding hydrogens is 396 g/mol. The molecule has 0 unspecified atom stereocenters. The lowest BCUT2D eigenvalue weighted by atomic mass is 10.1. The van der Waals surface area contributed by atoms with E-state index in [2.05, 4.69) is 5.32 Å². The van der Waals surface area contributed by atoms with Crippen molar-refractivity contribution in [2.24, 2.45) is 5.92 Å². The predicted molar refractivity (Wildman–Crippen MR) is 109 cm³/mol. The number of anilines is 2. The fraction of sp³-hybridized carbons (Fsp3) is 0.286. The van der Waals surface area contributed by atoms with Crippen molar-refractivity contribution in [1.82, 2.24) is 0 Å². The van der Waals surface area contributed by atoms with Crippen LogP contribution in [0.1, 0.15) is 13.3 Å². The van der Waals surface area contributed by atoms with Crippen molar-refractivity contribution in [3.05, 3.63) is 53.6 Å². The van der Waals surface area contributed by atoms with Gasteiger partial charge in [-0.2, -0.15) is 0 Å². The lowest BCUT2D eigenvalue weighted by Gasteiger charge is -2.16. The molecule has 0 radical (unpaired) electrons. The summed E-state index contributed by atoms with van der Waals surface area (Å²) in [5.74, 6) is -1.12. The predicted octanol–water partition coefficient (Wildman–Crippen LogP) is 3.27. The fourth-order valence-corrected chi connectivity index (χ4v) is 3.11. The lowest BCUT2D eigenvalue weighted by molar-refractivity contribution is -0.151. The Morgan fingerprint density at radius 1 is 1.14 bits per heavy atom. The van der Waals surface area contributed by atoms with Gasteiger partial charge in [-0.1, -0.05) is 11.6 Å². The average Bonchev–Trinajstić information content (AvgIpc) is 3.10. The Hall–Kier alpha value is -3.06. The molecule has 8 heteroatoms. The van der Waals surface area contributed by atoms with Crippen molar-refractivity contribution in [1.29, 1.82) is 0 Å². The van der Waals surface area contributed by atoms with Gasteiger partial charge in [-0.15, -0.1) is 0 Å². The lowest BCUT2D eigenvalue weighted by Crippen LogP contribution is -2.28. The molecule has 0 aliphatic carbocycles. The highest BCUT2D eigenvalue weighted by molar-refractivity contribution is 6.30.